The van der Waals surface area contributed by atoms with E-state index in [4.69, 9.17) is 39.2 Å². The number of amides is 1. The average molecular weight is 472 g/mol. The molecule has 0 bridgehead atoms. The standard InChI is InChI=1S/C23H13Cl3N2O3/c1-11-2-7-18(27-10-11)28-20(12-3-5-15(25)16(26)8-12)19-21(29)14-9-13(24)4-6-17(14)31-22(19)23(28)30/h2-10,20H,1H3. The first kappa shape index (κ1) is 20.1. The van der Waals surface area contributed by atoms with Crippen molar-refractivity contribution in [2.75, 3.05) is 4.90 Å². The zero-order chi connectivity index (χ0) is 21.9. The zero-order valence-corrected chi connectivity index (χ0v) is 18.3. The summed E-state index contributed by atoms with van der Waals surface area (Å²) in [5.74, 6) is -0.103. The van der Waals surface area contributed by atoms with Gasteiger partial charge in [0.15, 0.2) is 5.43 Å². The van der Waals surface area contributed by atoms with Crippen LogP contribution >= 0.6 is 34.8 Å². The summed E-state index contributed by atoms with van der Waals surface area (Å²) >= 11 is 18.5. The highest BCUT2D eigenvalue weighted by molar-refractivity contribution is 6.42. The monoisotopic (exact) mass is 470 g/mol. The summed E-state index contributed by atoms with van der Waals surface area (Å²) in [6.45, 7) is 1.90. The van der Waals surface area contributed by atoms with Crippen LogP contribution in [0, 0.1) is 6.92 Å². The Bertz CT molecular complexity index is 1430. The Balaban J connectivity index is 1.83. The Morgan fingerprint density at radius 2 is 1.77 bits per heavy atom. The van der Waals surface area contributed by atoms with Crippen LogP contribution in [0.4, 0.5) is 5.82 Å². The highest BCUT2D eigenvalue weighted by atomic mass is 35.5. The number of anilines is 1. The zero-order valence-electron chi connectivity index (χ0n) is 16.0. The Morgan fingerprint density at radius 3 is 2.48 bits per heavy atom. The van der Waals surface area contributed by atoms with Crippen LogP contribution in [-0.4, -0.2) is 10.9 Å². The van der Waals surface area contributed by atoms with Gasteiger partial charge in [-0.3, -0.25) is 14.5 Å². The number of hydrogen-bond donors (Lipinski definition) is 0. The predicted molar refractivity (Wildman–Crippen MR) is 122 cm³/mol. The second-order valence-corrected chi connectivity index (χ2v) is 8.51. The van der Waals surface area contributed by atoms with Gasteiger partial charge < -0.3 is 4.42 Å². The number of rotatable bonds is 2. The maximum Gasteiger partial charge on any atom is 0.296 e. The molecule has 1 unspecified atom stereocenters. The minimum absolute atomic E-state index is 0.0294. The summed E-state index contributed by atoms with van der Waals surface area (Å²) in [4.78, 5) is 32.8. The summed E-state index contributed by atoms with van der Waals surface area (Å²) in [5, 5.41) is 1.37. The van der Waals surface area contributed by atoms with Crippen molar-refractivity contribution in [1.29, 1.82) is 0 Å². The van der Waals surface area contributed by atoms with Crippen LogP contribution < -0.4 is 10.3 Å². The van der Waals surface area contributed by atoms with Gasteiger partial charge in [0.2, 0.25) is 5.76 Å². The number of nitrogens with zero attached hydrogens (tertiary/aromatic N) is 2. The lowest BCUT2D eigenvalue weighted by Gasteiger charge is -2.24. The molecule has 0 radical (unpaired) electrons. The molecule has 0 aliphatic carbocycles. The van der Waals surface area contributed by atoms with Crippen molar-refractivity contribution in [1.82, 2.24) is 4.98 Å². The molecule has 1 amide bonds. The number of fused-ring (bicyclic) bond motifs is 2. The van der Waals surface area contributed by atoms with Crippen LogP contribution in [0.15, 0.2) is 63.9 Å². The molecule has 5 rings (SSSR count). The summed E-state index contributed by atoms with van der Waals surface area (Å²) < 4.78 is 5.90. The quantitative estimate of drug-likeness (QED) is 0.349. The molecule has 1 aliphatic rings. The van der Waals surface area contributed by atoms with Gasteiger partial charge in [-0.05, 0) is 54.4 Å². The number of aromatic nitrogens is 1. The molecule has 0 fully saturated rings. The van der Waals surface area contributed by atoms with Crippen LogP contribution in [0.2, 0.25) is 15.1 Å². The van der Waals surface area contributed by atoms with Gasteiger partial charge in [-0.15, -0.1) is 0 Å². The molecule has 5 nitrogen and oxygen atoms in total. The average Bonchev–Trinajstić information content (AvgIpc) is 3.04. The van der Waals surface area contributed by atoms with Crippen molar-refractivity contribution in [2.24, 2.45) is 0 Å². The lowest BCUT2D eigenvalue weighted by Crippen LogP contribution is -2.30. The van der Waals surface area contributed by atoms with Crippen LogP contribution in [-0.2, 0) is 0 Å². The fourth-order valence-electron chi connectivity index (χ4n) is 3.78. The Hall–Kier alpha value is -2.86. The van der Waals surface area contributed by atoms with Gasteiger partial charge >= 0.3 is 0 Å². The maximum atomic E-state index is 13.5. The van der Waals surface area contributed by atoms with E-state index < -0.39 is 11.9 Å². The van der Waals surface area contributed by atoms with E-state index in [1.165, 1.54) is 11.0 Å². The van der Waals surface area contributed by atoms with E-state index in [1.54, 1.807) is 42.6 Å². The number of carbonyl (C=O) groups excluding carboxylic acids is 1. The fraction of sp³-hybridized carbons (Fsp3) is 0.0870. The van der Waals surface area contributed by atoms with Gasteiger partial charge in [-0.25, -0.2) is 4.98 Å². The summed E-state index contributed by atoms with van der Waals surface area (Å²) in [6.07, 6.45) is 1.66. The number of aryl methyl sites for hydroxylation is 1. The van der Waals surface area contributed by atoms with E-state index in [1.807, 2.05) is 13.0 Å². The number of pyridine rings is 1. The topological polar surface area (TPSA) is 63.4 Å². The number of hydrogen-bond acceptors (Lipinski definition) is 4. The molecule has 0 spiro atoms. The van der Waals surface area contributed by atoms with E-state index in [9.17, 15) is 9.59 Å². The second-order valence-electron chi connectivity index (χ2n) is 7.26. The molecular weight excluding hydrogens is 459 g/mol. The van der Waals surface area contributed by atoms with Gasteiger partial charge in [0.25, 0.3) is 5.91 Å². The van der Waals surface area contributed by atoms with Crippen LogP contribution in [0.3, 0.4) is 0 Å². The molecule has 8 heteroatoms. The minimum Gasteiger partial charge on any atom is -0.450 e. The van der Waals surface area contributed by atoms with E-state index in [0.29, 0.717) is 31.8 Å². The third-order valence-electron chi connectivity index (χ3n) is 5.23. The van der Waals surface area contributed by atoms with Crippen molar-refractivity contribution < 1.29 is 9.21 Å². The van der Waals surface area contributed by atoms with Crippen LogP contribution in [0.1, 0.15) is 33.3 Å². The molecule has 4 aromatic rings. The first-order chi connectivity index (χ1) is 14.8. The Morgan fingerprint density at radius 1 is 0.968 bits per heavy atom. The first-order valence-electron chi connectivity index (χ1n) is 9.32. The summed E-state index contributed by atoms with van der Waals surface area (Å²) in [5.41, 5.74) is 1.71. The minimum atomic E-state index is -0.785. The number of carbonyl (C=O) groups is 1. The summed E-state index contributed by atoms with van der Waals surface area (Å²) in [7, 11) is 0. The highest BCUT2D eigenvalue weighted by Crippen LogP contribution is 2.42. The summed E-state index contributed by atoms with van der Waals surface area (Å²) in [6, 6.07) is 12.5. The highest BCUT2D eigenvalue weighted by Gasteiger charge is 2.44. The maximum absolute atomic E-state index is 13.5. The molecule has 1 atom stereocenters. The van der Waals surface area contributed by atoms with E-state index >= 15 is 0 Å². The van der Waals surface area contributed by atoms with Crippen molar-refractivity contribution in [3.05, 3.63) is 102 Å². The van der Waals surface area contributed by atoms with Crippen molar-refractivity contribution in [2.45, 2.75) is 13.0 Å². The van der Waals surface area contributed by atoms with Crippen molar-refractivity contribution >= 4 is 57.5 Å². The number of halogens is 3. The predicted octanol–water partition coefficient (Wildman–Crippen LogP) is 6.21. The van der Waals surface area contributed by atoms with E-state index in [2.05, 4.69) is 4.98 Å². The Labute approximate surface area is 191 Å². The second kappa shape index (κ2) is 7.38. The molecule has 31 heavy (non-hydrogen) atoms. The third-order valence-corrected chi connectivity index (χ3v) is 6.21. The third kappa shape index (κ3) is 3.21. The molecule has 0 saturated carbocycles. The largest absolute Gasteiger partial charge is 0.450 e. The van der Waals surface area contributed by atoms with Crippen LogP contribution in [0.5, 0.6) is 0 Å². The lowest BCUT2D eigenvalue weighted by molar-refractivity contribution is 0.0970. The molecule has 2 aromatic carbocycles. The van der Waals surface area contributed by atoms with E-state index in [0.717, 1.165) is 5.56 Å². The van der Waals surface area contributed by atoms with Gasteiger partial charge in [0, 0.05) is 11.2 Å². The molecule has 2 aromatic heterocycles. The Kier molecular flexibility index (Phi) is 4.77. The fourth-order valence-corrected chi connectivity index (χ4v) is 4.26. The van der Waals surface area contributed by atoms with Crippen molar-refractivity contribution in [3.63, 3.8) is 0 Å². The van der Waals surface area contributed by atoms with Gasteiger partial charge in [-0.2, -0.15) is 0 Å². The molecule has 0 N–H and O–H groups in total. The van der Waals surface area contributed by atoms with Crippen LogP contribution in [0.25, 0.3) is 11.0 Å². The van der Waals surface area contributed by atoms with E-state index in [-0.39, 0.29) is 22.3 Å². The SMILES string of the molecule is Cc1ccc(N2C(=O)c3oc4ccc(Cl)cc4c(=O)c3C2c2ccc(Cl)c(Cl)c2)nc1. The lowest BCUT2D eigenvalue weighted by atomic mass is 9.98. The molecule has 1 aliphatic heterocycles. The smallest absolute Gasteiger partial charge is 0.296 e. The number of benzene rings is 2. The van der Waals surface area contributed by atoms with Gasteiger partial charge in [-0.1, -0.05) is 46.9 Å². The molecule has 154 valence electrons. The molecule has 0 saturated heterocycles. The van der Waals surface area contributed by atoms with Crippen molar-refractivity contribution in [3.8, 4) is 0 Å². The first-order valence-corrected chi connectivity index (χ1v) is 10.5. The van der Waals surface area contributed by atoms with Gasteiger partial charge in [0.05, 0.1) is 27.0 Å². The molecule has 3 heterocycles. The normalized spacial score (nSPS) is 15.5. The van der Waals surface area contributed by atoms with Gasteiger partial charge in [0.1, 0.15) is 11.4 Å². The molecular formula is C23H13Cl3N2O3.